The van der Waals surface area contributed by atoms with Crippen molar-refractivity contribution in [3.8, 4) is 0 Å². The Morgan fingerprint density at radius 1 is 1.26 bits per heavy atom. The number of thiazole rings is 1. The summed E-state index contributed by atoms with van der Waals surface area (Å²) >= 11 is 1.43. The summed E-state index contributed by atoms with van der Waals surface area (Å²) in [7, 11) is 0. The monoisotopic (exact) mass is 444 g/mol. The first kappa shape index (κ1) is 21.8. The van der Waals surface area contributed by atoms with Gasteiger partial charge in [0.15, 0.2) is 16.1 Å². The van der Waals surface area contributed by atoms with E-state index in [9.17, 15) is 9.59 Å². The first-order valence-electron chi connectivity index (χ1n) is 10.7. The van der Waals surface area contributed by atoms with Gasteiger partial charge in [-0.05, 0) is 32.4 Å². The number of rotatable bonds is 8. The van der Waals surface area contributed by atoms with Crippen molar-refractivity contribution in [1.82, 2.24) is 4.98 Å². The number of aryl methyl sites for hydroxylation is 1. The van der Waals surface area contributed by atoms with Gasteiger partial charge in [0.1, 0.15) is 6.10 Å². The Kier molecular flexibility index (Phi) is 6.03. The van der Waals surface area contributed by atoms with E-state index in [2.05, 4.69) is 17.2 Å². The van der Waals surface area contributed by atoms with E-state index >= 15 is 0 Å². The topological polar surface area (TPSA) is 86.8 Å². The summed E-state index contributed by atoms with van der Waals surface area (Å²) in [4.78, 5) is 30.2. The number of anilines is 2. The van der Waals surface area contributed by atoms with Crippen LogP contribution in [0.25, 0.3) is 0 Å². The van der Waals surface area contributed by atoms with Crippen molar-refractivity contribution >= 4 is 34.1 Å². The number of carbonyl (C=O) groups excluding carboxylic acids is 2. The molecular weight excluding hydrogens is 416 g/mol. The molecule has 166 valence electrons. The van der Waals surface area contributed by atoms with Crippen molar-refractivity contribution in [2.24, 2.45) is 5.41 Å². The molecular formula is C23H28N2O5S. The Hall–Kier alpha value is -2.45. The third-order valence-electron chi connectivity index (χ3n) is 5.88. The van der Waals surface area contributed by atoms with Gasteiger partial charge in [-0.15, -0.1) is 11.3 Å². The van der Waals surface area contributed by atoms with E-state index in [0.29, 0.717) is 24.0 Å². The maximum Gasteiger partial charge on any atom is 0.324 e. The Morgan fingerprint density at radius 2 is 2.03 bits per heavy atom. The predicted octanol–water partition coefficient (Wildman–Crippen LogP) is 4.48. The fraction of sp³-hybridized carbons (Fsp3) is 0.522. The number of esters is 2. The second-order valence-corrected chi connectivity index (χ2v) is 9.43. The van der Waals surface area contributed by atoms with Crippen LogP contribution in [0.1, 0.15) is 50.8 Å². The normalized spacial score (nSPS) is 27.5. The Labute approximate surface area is 186 Å². The average molecular weight is 445 g/mol. The molecule has 2 aromatic rings. The van der Waals surface area contributed by atoms with Crippen molar-refractivity contribution in [3.05, 3.63) is 40.9 Å². The number of hydrogen-bond acceptors (Lipinski definition) is 8. The van der Waals surface area contributed by atoms with Crippen molar-refractivity contribution in [2.45, 2.75) is 58.2 Å². The van der Waals surface area contributed by atoms with E-state index in [-0.39, 0.29) is 12.8 Å². The number of cyclic esters (lactones) is 2. The van der Waals surface area contributed by atoms with Crippen molar-refractivity contribution in [1.29, 1.82) is 0 Å². The van der Waals surface area contributed by atoms with Gasteiger partial charge >= 0.3 is 11.9 Å². The largest absolute Gasteiger partial charge is 0.459 e. The number of hydrogen-bond donors (Lipinski definition) is 1. The minimum Gasteiger partial charge on any atom is -0.459 e. The maximum absolute atomic E-state index is 12.8. The standard InChI is InChI=1S/C23H28N2O5S/c1-4-5-10-28-12-17-11-23(19(26)29-17)14-22(3,30-20(23)27)18-13-31-21(25-18)24-16-8-6-15(2)7-9-16/h6-9,13,17H,4-5,10-12,14H2,1-3H3,(H,24,25)/t17-,22-,23-/m0/s1. The van der Waals surface area contributed by atoms with Crippen LogP contribution in [0.5, 0.6) is 0 Å². The molecule has 0 saturated carbocycles. The highest BCUT2D eigenvalue weighted by Crippen LogP contribution is 2.52. The molecule has 1 spiro atoms. The quantitative estimate of drug-likeness (QED) is 0.365. The van der Waals surface area contributed by atoms with E-state index in [0.717, 1.165) is 18.5 Å². The first-order chi connectivity index (χ1) is 14.8. The summed E-state index contributed by atoms with van der Waals surface area (Å²) < 4.78 is 16.8. The average Bonchev–Trinajstić information content (AvgIpc) is 3.39. The highest BCUT2D eigenvalue weighted by Gasteiger charge is 2.65. The van der Waals surface area contributed by atoms with Crippen LogP contribution in [-0.4, -0.2) is 36.2 Å². The molecule has 8 heteroatoms. The summed E-state index contributed by atoms with van der Waals surface area (Å²) in [5.74, 6) is -1.05. The van der Waals surface area contributed by atoms with E-state index < -0.39 is 29.1 Å². The molecule has 2 aliphatic rings. The molecule has 7 nitrogen and oxygen atoms in total. The molecule has 2 saturated heterocycles. The number of nitrogens with one attached hydrogen (secondary N) is 1. The lowest BCUT2D eigenvalue weighted by molar-refractivity contribution is -0.160. The fourth-order valence-electron chi connectivity index (χ4n) is 4.11. The molecule has 4 rings (SSSR count). The molecule has 0 unspecified atom stereocenters. The van der Waals surface area contributed by atoms with Gasteiger partial charge in [-0.2, -0.15) is 0 Å². The second-order valence-electron chi connectivity index (χ2n) is 8.57. The van der Waals surface area contributed by atoms with E-state index in [4.69, 9.17) is 14.2 Å². The zero-order valence-electron chi connectivity index (χ0n) is 18.1. The van der Waals surface area contributed by atoms with Gasteiger partial charge in [0, 0.05) is 30.5 Å². The molecule has 31 heavy (non-hydrogen) atoms. The van der Waals surface area contributed by atoms with Crippen molar-refractivity contribution < 1.29 is 23.8 Å². The molecule has 3 atom stereocenters. The highest BCUT2D eigenvalue weighted by molar-refractivity contribution is 7.13. The fourth-order valence-corrected chi connectivity index (χ4v) is 4.96. The van der Waals surface area contributed by atoms with Gasteiger partial charge in [0.05, 0.1) is 12.3 Å². The summed E-state index contributed by atoms with van der Waals surface area (Å²) in [6.07, 6.45) is 2.07. The summed E-state index contributed by atoms with van der Waals surface area (Å²) in [6, 6.07) is 8.02. The minimum absolute atomic E-state index is 0.219. The molecule has 2 aliphatic heterocycles. The van der Waals surface area contributed by atoms with Gasteiger partial charge in [0.25, 0.3) is 0 Å². The lowest BCUT2D eigenvalue weighted by Crippen LogP contribution is -2.32. The highest BCUT2D eigenvalue weighted by atomic mass is 32.1. The third-order valence-corrected chi connectivity index (χ3v) is 6.64. The molecule has 0 aliphatic carbocycles. The molecule has 2 fully saturated rings. The molecule has 1 aromatic carbocycles. The van der Waals surface area contributed by atoms with Crippen molar-refractivity contribution in [2.75, 3.05) is 18.5 Å². The molecule has 0 bridgehead atoms. The first-order valence-corrected chi connectivity index (χ1v) is 11.5. The van der Waals surface area contributed by atoms with Crippen LogP contribution in [0.15, 0.2) is 29.6 Å². The summed E-state index contributed by atoms with van der Waals surface area (Å²) in [5.41, 5.74) is 0.493. The number of benzene rings is 1. The number of carbonyl (C=O) groups is 2. The van der Waals surface area contributed by atoms with Gasteiger partial charge in [0.2, 0.25) is 0 Å². The zero-order valence-corrected chi connectivity index (χ0v) is 18.9. The number of aromatic nitrogens is 1. The van der Waals surface area contributed by atoms with Crippen molar-refractivity contribution in [3.63, 3.8) is 0 Å². The lowest BCUT2D eigenvalue weighted by atomic mass is 9.78. The Balaban J connectivity index is 1.45. The van der Waals surface area contributed by atoms with Gasteiger partial charge in [-0.3, -0.25) is 9.59 Å². The van der Waals surface area contributed by atoms with Crippen LogP contribution in [0.4, 0.5) is 10.8 Å². The van der Waals surface area contributed by atoms with Crippen LogP contribution in [-0.2, 0) is 29.4 Å². The molecule has 0 amide bonds. The molecule has 0 radical (unpaired) electrons. The van der Waals surface area contributed by atoms with Gasteiger partial charge in [-0.25, -0.2) is 4.98 Å². The summed E-state index contributed by atoms with van der Waals surface area (Å²) in [5, 5.41) is 5.84. The van der Waals surface area contributed by atoms with Crippen LogP contribution >= 0.6 is 11.3 Å². The predicted molar refractivity (Wildman–Crippen MR) is 117 cm³/mol. The number of unbranched alkanes of at least 4 members (excludes halogenated alkanes) is 1. The lowest BCUT2D eigenvalue weighted by Gasteiger charge is -2.20. The maximum atomic E-state index is 12.8. The third kappa shape index (κ3) is 4.32. The van der Waals surface area contributed by atoms with Crippen LogP contribution in [0, 0.1) is 12.3 Å². The smallest absolute Gasteiger partial charge is 0.324 e. The molecule has 1 N–H and O–H groups in total. The van der Waals surface area contributed by atoms with E-state index in [1.165, 1.54) is 16.9 Å². The zero-order chi connectivity index (χ0) is 22.1. The van der Waals surface area contributed by atoms with Gasteiger partial charge < -0.3 is 19.5 Å². The Morgan fingerprint density at radius 3 is 2.77 bits per heavy atom. The van der Waals surface area contributed by atoms with Crippen LogP contribution in [0.3, 0.4) is 0 Å². The van der Waals surface area contributed by atoms with Crippen LogP contribution in [0.2, 0.25) is 0 Å². The molecule has 3 heterocycles. The van der Waals surface area contributed by atoms with Gasteiger partial charge in [-0.1, -0.05) is 31.0 Å². The van der Waals surface area contributed by atoms with E-state index in [1.807, 2.05) is 43.5 Å². The van der Waals surface area contributed by atoms with Crippen LogP contribution < -0.4 is 5.32 Å². The SMILES string of the molecule is CCCCOC[C@@H]1C[C@]2(C[C@@](C)(c3csc(Nc4ccc(C)cc4)n3)OC2=O)C(=O)O1. The summed E-state index contributed by atoms with van der Waals surface area (Å²) in [6.45, 7) is 6.85. The Bertz CT molecular complexity index is 959. The van der Waals surface area contributed by atoms with E-state index in [1.54, 1.807) is 0 Å². The second kappa shape index (κ2) is 8.59. The number of nitrogens with zero attached hydrogens (tertiary/aromatic N) is 1. The number of ether oxygens (including phenoxy) is 3. The minimum atomic E-state index is -1.28. The molecule has 1 aromatic heterocycles.